The third-order valence-electron chi connectivity index (χ3n) is 3.39. The topological polar surface area (TPSA) is 44.1 Å². The molecule has 0 saturated heterocycles. The molecule has 1 aromatic heterocycles. The number of carbonyl (C=O) groups is 1. The lowest BCUT2D eigenvalue weighted by molar-refractivity contribution is 0.103. The first-order chi connectivity index (χ1) is 10.1. The summed E-state index contributed by atoms with van der Waals surface area (Å²) in [5.74, 6) is -0.769. The van der Waals surface area contributed by atoms with Gasteiger partial charge in [-0.25, -0.2) is 4.39 Å². The van der Waals surface area contributed by atoms with Gasteiger partial charge in [0.1, 0.15) is 5.69 Å². The molecule has 0 saturated carbocycles. The molecule has 0 atom stereocenters. The van der Waals surface area contributed by atoms with E-state index in [9.17, 15) is 9.18 Å². The van der Waals surface area contributed by atoms with Gasteiger partial charge in [0.15, 0.2) is 11.6 Å². The number of fused-ring (bicyclic) bond motifs is 1. The van der Waals surface area contributed by atoms with Crippen LogP contribution in [0.3, 0.4) is 0 Å². The number of ketones is 1. The summed E-state index contributed by atoms with van der Waals surface area (Å²) in [4.78, 5) is 12.5. The highest BCUT2D eigenvalue weighted by Gasteiger charge is 2.18. The van der Waals surface area contributed by atoms with Crippen LogP contribution in [0.2, 0.25) is 0 Å². The predicted octanol–water partition coefficient (Wildman–Crippen LogP) is 2.95. The van der Waals surface area contributed by atoms with Crippen LogP contribution in [0.4, 0.5) is 4.39 Å². The maximum absolute atomic E-state index is 13.7. The number of para-hydroxylation sites is 1. The fourth-order valence-corrected chi connectivity index (χ4v) is 2.33. The molecular formula is C16H13FN2O2. The van der Waals surface area contributed by atoms with Gasteiger partial charge < -0.3 is 4.74 Å². The molecule has 3 aromatic rings. The zero-order chi connectivity index (χ0) is 15.0. The highest BCUT2D eigenvalue weighted by molar-refractivity contribution is 6.14. The van der Waals surface area contributed by atoms with Gasteiger partial charge in [-0.15, -0.1) is 0 Å². The van der Waals surface area contributed by atoms with E-state index in [-0.39, 0.29) is 17.1 Å². The van der Waals surface area contributed by atoms with Crippen LogP contribution in [-0.2, 0) is 7.05 Å². The van der Waals surface area contributed by atoms with E-state index in [1.165, 1.54) is 25.3 Å². The number of hydrogen-bond donors (Lipinski definition) is 0. The molecule has 0 radical (unpaired) electrons. The molecule has 0 amide bonds. The molecule has 2 aromatic carbocycles. The van der Waals surface area contributed by atoms with Crippen LogP contribution in [0.25, 0.3) is 10.9 Å². The summed E-state index contributed by atoms with van der Waals surface area (Å²) >= 11 is 0. The Morgan fingerprint density at radius 1 is 1.24 bits per heavy atom. The number of hydrogen-bond acceptors (Lipinski definition) is 3. The van der Waals surface area contributed by atoms with Gasteiger partial charge in [-0.05, 0) is 24.3 Å². The highest BCUT2D eigenvalue weighted by Crippen LogP contribution is 2.23. The molecule has 0 fully saturated rings. The molecule has 0 aliphatic carbocycles. The lowest BCUT2D eigenvalue weighted by Gasteiger charge is -2.03. The van der Waals surface area contributed by atoms with Crippen LogP contribution in [0.5, 0.6) is 5.75 Å². The molecule has 5 heteroatoms. The van der Waals surface area contributed by atoms with E-state index in [4.69, 9.17) is 4.74 Å². The number of nitrogens with zero attached hydrogens (tertiary/aromatic N) is 2. The lowest BCUT2D eigenvalue weighted by Crippen LogP contribution is -2.04. The third-order valence-corrected chi connectivity index (χ3v) is 3.39. The van der Waals surface area contributed by atoms with Crippen LogP contribution in [0.15, 0.2) is 42.5 Å². The molecule has 0 aliphatic rings. The van der Waals surface area contributed by atoms with Gasteiger partial charge in [-0.1, -0.05) is 18.2 Å². The van der Waals surface area contributed by atoms with E-state index < -0.39 is 5.82 Å². The van der Waals surface area contributed by atoms with E-state index in [1.807, 2.05) is 24.3 Å². The van der Waals surface area contributed by atoms with Gasteiger partial charge in [-0.3, -0.25) is 9.48 Å². The molecule has 1 heterocycles. The minimum Gasteiger partial charge on any atom is -0.494 e. The van der Waals surface area contributed by atoms with E-state index in [1.54, 1.807) is 11.7 Å². The van der Waals surface area contributed by atoms with Crippen molar-refractivity contribution in [2.45, 2.75) is 0 Å². The van der Waals surface area contributed by atoms with E-state index in [0.29, 0.717) is 5.69 Å². The Hall–Kier alpha value is -2.69. The van der Waals surface area contributed by atoms with E-state index in [0.717, 1.165) is 10.9 Å². The molecule has 0 N–H and O–H groups in total. The van der Waals surface area contributed by atoms with Crippen molar-refractivity contribution in [1.29, 1.82) is 0 Å². The zero-order valence-corrected chi connectivity index (χ0v) is 11.6. The molecular weight excluding hydrogens is 271 g/mol. The Labute approximate surface area is 120 Å². The minimum atomic E-state index is -0.566. The summed E-state index contributed by atoms with van der Waals surface area (Å²) in [5, 5.41) is 5.00. The number of aromatic nitrogens is 2. The van der Waals surface area contributed by atoms with E-state index >= 15 is 0 Å². The SMILES string of the molecule is COc1ccc(C(=O)c2nn(C)c3ccccc23)cc1F. The number of halogens is 1. The maximum atomic E-state index is 13.7. The second-order valence-electron chi connectivity index (χ2n) is 4.67. The number of aryl methyl sites for hydroxylation is 1. The molecule has 0 spiro atoms. The molecule has 4 nitrogen and oxygen atoms in total. The fraction of sp³-hybridized carbons (Fsp3) is 0.125. The summed E-state index contributed by atoms with van der Waals surface area (Å²) in [7, 11) is 3.15. The number of rotatable bonds is 3. The van der Waals surface area contributed by atoms with Gasteiger partial charge in [0.25, 0.3) is 0 Å². The van der Waals surface area contributed by atoms with Crippen molar-refractivity contribution in [2.24, 2.45) is 7.05 Å². The summed E-state index contributed by atoms with van der Waals surface area (Å²) in [6.45, 7) is 0. The molecule has 0 aliphatic heterocycles. The zero-order valence-electron chi connectivity index (χ0n) is 11.6. The van der Waals surface area contributed by atoms with Crippen molar-refractivity contribution in [1.82, 2.24) is 9.78 Å². The first-order valence-corrected chi connectivity index (χ1v) is 6.42. The van der Waals surface area contributed by atoms with Gasteiger partial charge in [0, 0.05) is 18.0 Å². The molecule has 0 bridgehead atoms. The summed E-state index contributed by atoms with van der Waals surface area (Å²) in [6, 6.07) is 11.6. The predicted molar refractivity (Wildman–Crippen MR) is 77.1 cm³/mol. The Morgan fingerprint density at radius 3 is 2.71 bits per heavy atom. The van der Waals surface area contributed by atoms with Crippen molar-refractivity contribution >= 4 is 16.7 Å². The maximum Gasteiger partial charge on any atom is 0.213 e. The van der Waals surface area contributed by atoms with Gasteiger partial charge in [0.05, 0.1) is 12.6 Å². The molecule has 106 valence electrons. The van der Waals surface area contributed by atoms with Crippen LogP contribution in [0, 0.1) is 5.82 Å². The minimum absolute atomic E-state index is 0.109. The van der Waals surface area contributed by atoms with E-state index in [2.05, 4.69) is 5.10 Å². The van der Waals surface area contributed by atoms with Crippen molar-refractivity contribution < 1.29 is 13.9 Å². The number of benzene rings is 2. The van der Waals surface area contributed by atoms with Gasteiger partial charge in [0.2, 0.25) is 5.78 Å². The Morgan fingerprint density at radius 2 is 2.00 bits per heavy atom. The van der Waals surface area contributed by atoms with Crippen LogP contribution in [0.1, 0.15) is 16.1 Å². The first-order valence-electron chi connectivity index (χ1n) is 6.42. The summed E-state index contributed by atoms with van der Waals surface area (Å²) in [5.41, 5.74) is 1.42. The van der Waals surface area contributed by atoms with Crippen molar-refractivity contribution in [3.05, 3.63) is 59.5 Å². The van der Waals surface area contributed by atoms with Crippen LogP contribution in [-0.4, -0.2) is 22.7 Å². The second-order valence-corrected chi connectivity index (χ2v) is 4.67. The fourth-order valence-electron chi connectivity index (χ4n) is 2.33. The molecule has 0 unspecified atom stereocenters. The molecule has 21 heavy (non-hydrogen) atoms. The second kappa shape index (κ2) is 5.01. The summed E-state index contributed by atoms with van der Waals surface area (Å²) in [6.07, 6.45) is 0. The number of methoxy groups -OCH3 is 1. The van der Waals surface area contributed by atoms with Crippen molar-refractivity contribution in [3.63, 3.8) is 0 Å². The molecule has 3 rings (SSSR count). The Kier molecular flexibility index (Phi) is 3.17. The van der Waals surface area contributed by atoms with Gasteiger partial charge in [-0.2, -0.15) is 5.10 Å². The summed E-state index contributed by atoms with van der Waals surface area (Å²) < 4.78 is 20.2. The van der Waals surface area contributed by atoms with Crippen molar-refractivity contribution in [3.8, 4) is 5.75 Å². The largest absolute Gasteiger partial charge is 0.494 e. The lowest BCUT2D eigenvalue weighted by atomic mass is 10.0. The average Bonchev–Trinajstić information content (AvgIpc) is 2.84. The quantitative estimate of drug-likeness (QED) is 0.695. The number of ether oxygens (including phenoxy) is 1. The first kappa shape index (κ1) is 13.3. The highest BCUT2D eigenvalue weighted by atomic mass is 19.1. The Bertz CT molecular complexity index is 839. The Balaban J connectivity index is 2.10. The van der Waals surface area contributed by atoms with Crippen LogP contribution < -0.4 is 4.74 Å². The van der Waals surface area contributed by atoms with Crippen molar-refractivity contribution in [2.75, 3.05) is 7.11 Å². The normalized spacial score (nSPS) is 10.8. The monoisotopic (exact) mass is 284 g/mol. The number of carbonyl (C=O) groups excluding carboxylic acids is 1. The standard InChI is InChI=1S/C16H13FN2O2/c1-19-13-6-4-3-5-11(13)15(18-19)16(20)10-7-8-14(21-2)12(17)9-10/h3-9H,1-2H3. The van der Waals surface area contributed by atoms with Crippen LogP contribution >= 0.6 is 0 Å². The average molecular weight is 284 g/mol. The smallest absolute Gasteiger partial charge is 0.213 e. The van der Waals surface area contributed by atoms with Gasteiger partial charge >= 0.3 is 0 Å². The third kappa shape index (κ3) is 2.16.